The first-order valence-electron chi connectivity index (χ1n) is 3.73. The summed E-state index contributed by atoms with van der Waals surface area (Å²) >= 11 is 0. The SMILES string of the molecule is CC(C)(C)C1NC(=O)CC1=O. The number of carbonyl (C=O) groups is 2. The topological polar surface area (TPSA) is 46.2 Å². The van der Waals surface area contributed by atoms with Crippen LogP contribution in [0.3, 0.4) is 0 Å². The molecule has 1 atom stereocenters. The van der Waals surface area contributed by atoms with Crippen molar-refractivity contribution >= 4 is 11.7 Å². The zero-order chi connectivity index (χ0) is 8.65. The van der Waals surface area contributed by atoms with Crippen LogP contribution >= 0.6 is 0 Å². The number of hydrogen-bond acceptors (Lipinski definition) is 2. The highest BCUT2D eigenvalue weighted by Gasteiger charge is 2.38. The molecule has 1 N–H and O–H groups in total. The Labute approximate surface area is 66.2 Å². The monoisotopic (exact) mass is 155 g/mol. The molecule has 11 heavy (non-hydrogen) atoms. The lowest BCUT2D eigenvalue weighted by molar-refractivity contribution is -0.122. The van der Waals surface area contributed by atoms with E-state index in [0.717, 1.165) is 0 Å². The van der Waals surface area contributed by atoms with Crippen molar-refractivity contribution in [3.05, 3.63) is 0 Å². The first kappa shape index (κ1) is 8.24. The zero-order valence-corrected chi connectivity index (χ0v) is 7.10. The normalized spacial score (nSPS) is 25.5. The number of rotatable bonds is 0. The van der Waals surface area contributed by atoms with Gasteiger partial charge in [0.15, 0.2) is 5.78 Å². The van der Waals surface area contributed by atoms with Gasteiger partial charge in [-0.2, -0.15) is 0 Å². The number of ketones is 1. The Kier molecular flexibility index (Phi) is 1.74. The third-order valence-corrected chi connectivity index (χ3v) is 1.83. The summed E-state index contributed by atoms with van der Waals surface area (Å²) in [6, 6.07) is -0.282. The van der Waals surface area contributed by atoms with Crippen LogP contribution in [0.25, 0.3) is 0 Å². The first-order valence-corrected chi connectivity index (χ1v) is 3.73. The predicted octanol–water partition coefficient (Wildman–Crippen LogP) is 0.490. The van der Waals surface area contributed by atoms with Crippen molar-refractivity contribution in [3.8, 4) is 0 Å². The standard InChI is InChI=1S/C8H13NO2/c1-8(2,3)7-5(10)4-6(11)9-7/h7H,4H2,1-3H3,(H,9,11). The predicted molar refractivity (Wildman–Crippen MR) is 41.0 cm³/mol. The van der Waals surface area contributed by atoms with Gasteiger partial charge in [-0.05, 0) is 5.41 Å². The van der Waals surface area contributed by atoms with Crippen molar-refractivity contribution in [2.45, 2.75) is 33.2 Å². The molecule has 0 aromatic heterocycles. The molecular weight excluding hydrogens is 142 g/mol. The van der Waals surface area contributed by atoms with Gasteiger partial charge < -0.3 is 5.32 Å². The summed E-state index contributed by atoms with van der Waals surface area (Å²) in [6.07, 6.45) is 0.0575. The highest BCUT2D eigenvalue weighted by molar-refractivity contribution is 6.07. The van der Waals surface area contributed by atoms with Crippen LogP contribution in [0, 0.1) is 5.41 Å². The van der Waals surface area contributed by atoms with E-state index >= 15 is 0 Å². The second-order valence-electron chi connectivity index (χ2n) is 4.01. The molecule has 1 heterocycles. The van der Waals surface area contributed by atoms with Gasteiger partial charge in [-0.1, -0.05) is 20.8 Å². The molecule has 0 aromatic carbocycles. The van der Waals surface area contributed by atoms with E-state index in [1.807, 2.05) is 20.8 Å². The van der Waals surface area contributed by atoms with Gasteiger partial charge in [0.2, 0.25) is 5.91 Å². The summed E-state index contributed by atoms with van der Waals surface area (Å²) < 4.78 is 0. The maximum Gasteiger partial charge on any atom is 0.228 e. The molecule has 1 aliphatic heterocycles. The highest BCUT2D eigenvalue weighted by Crippen LogP contribution is 2.23. The molecule has 3 nitrogen and oxygen atoms in total. The average molecular weight is 155 g/mol. The van der Waals surface area contributed by atoms with E-state index in [4.69, 9.17) is 0 Å². The fraction of sp³-hybridized carbons (Fsp3) is 0.750. The van der Waals surface area contributed by atoms with Crippen LogP contribution in [0.4, 0.5) is 0 Å². The molecule has 0 spiro atoms. The number of carbonyl (C=O) groups excluding carboxylic acids is 2. The van der Waals surface area contributed by atoms with Crippen LogP contribution in [-0.4, -0.2) is 17.7 Å². The Morgan fingerprint density at radius 3 is 2.09 bits per heavy atom. The lowest BCUT2D eigenvalue weighted by Gasteiger charge is -2.24. The van der Waals surface area contributed by atoms with Crippen molar-refractivity contribution in [2.75, 3.05) is 0 Å². The lowest BCUT2D eigenvalue weighted by Crippen LogP contribution is -2.40. The van der Waals surface area contributed by atoms with E-state index in [1.54, 1.807) is 0 Å². The molecule has 0 aromatic rings. The molecule has 0 radical (unpaired) electrons. The van der Waals surface area contributed by atoms with Gasteiger partial charge in [-0.15, -0.1) is 0 Å². The molecule has 1 fully saturated rings. The van der Waals surface area contributed by atoms with E-state index in [1.165, 1.54) is 0 Å². The fourth-order valence-corrected chi connectivity index (χ4v) is 1.25. The number of Topliss-reactive ketones (excluding diaryl/α,β-unsaturated/α-hetero) is 1. The maximum absolute atomic E-state index is 11.1. The third kappa shape index (κ3) is 1.59. The van der Waals surface area contributed by atoms with Gasteiger partial charge in [-0.25, -0.2) is 0 Å². The molecular formula is C8H13NO2. The van der Waals surface area contributed by atoms with Gasteiger partial charge in [0.1, 0.15) is 0 Å². The fourth-order valence-electron chi connectivity index (χ4n) is 1.25. The van der Waals surface area contributed by atoms with Crippen LogP contribution in [0.5, 0.6) is 0 Å². The highest BCUT2D eigenvalue weighted by atomic mass is 16.2. The molecule has 0 bridgehead atoms. The van der Waals surface area contributed by atoms with Gasteiger partial charge in [-0.3, -0.25) is 9.59 Å². The van der Waals surface area contributed by atoms with E-state index in [2.05, 4.69) is 5.32 Å². The molecule has 1 rings (SSSR count). The van der Waals surface area contributed by atoms with E-state index < -0.39 is 0 Å². The van der Waals surface area contributed by atoms with E-state index in [0.29, 0.717) is 0 Å². The second-order valence-corrected chi connectivity index (χ2v) is 4.01. The van der Waals surface area contributed by atoms with Crippen molar-refractivity contribution in [3.63, 3.8) is 0 Å². The van der Waals surface area contributed by atoms with E-state index in [-0.39, 0.29) is 29.6 Å². The summed E-state index contributed by atoms with van der Waals surface area (Å²) in [7, 11) is 0. The van der Waals surface area contributed by atoms with Crippen molar-refractivity contribution in [2.24, 2.45) is 5.41 Å². The Morgan fingerprint density at radius 1 is 1.36 bits per heavy atom. The lowest BCUT2D eigenvalue weighted by atomic mass is 9.85. The number of nitrogens with one attached hydrogen (secondary N) is 1. The van der Waals surface area contributed by atoms with Gasteiger partial charge in [0, 0.05) is 0 Å². The molecule has 0 aliphatic carbocycles. The Morgan fingerprint density at radius 2 is 1.91 bits per heavy atom. The maximum atomic E-state index is 11.1. The van der Waals surface area contributed by atoms with Crippen LogP contribution in [0.15, 0.2) is 0 Å². The summed E-state index contributed by atoms with van der Waals surface area (Å²) in [5.41, 5.74) is -0.150. The number of hydrogen-bond donors (Lipinski definition) is 1. The van der Waals surface area contributed by atoms with Crippen LogP contribution < -0.4 is 5.32 Å². The molecule has 0 saturated carbocycles. The molecule has 62 valence electrons. The molecule has 1 saturated heterocycles. The third-order valence-electron chi connectivity index (χ3n) is 1.83. The Hall–Kier alpha value is -0.860. The minimum atomic E-state index is -0.282. The first-order chi connectivity index (χ1) is 4.91. The van der Waals surface area contributed by atoms with Crippen LogP contribution in [0.1, 0.15) is 27.2 Å². The average Bonchev–Trinajstić information content (AvgIpc) is 2.08. The van der Waals surface area contributed by atoms with Crippen molar-refractivity contribution in [1.29, 1.82) is 0 Å². The Bertz CT molecular complexity index is 203. The van der Waals surface area contributed by atoms with Crippen LogP contribution in [0.2, 0.25) is 0 Å². The number of amides is 1. The van der Waals surface area contributed by atoms with E-state index in [9.17, 15) is 9.59 Å². The minimum Gasteiger partial charge on any atom is -0.345 e. The minimum absolute atomic E-state index is 0.0162. The van der Waals surface area contributed by atoms with Crippen LogP contribution in [-0.2, 0) is 9.59 Å². The summed E-state index contributed by atoms with van der Waals surface area (Å²) in [4.78, 5) is 21.9. The molecule has 1 unspecified atom stereocenters. The molecule has 3 heteroatoms. The van der Waals surface area contributed by atoms with Crippen molar-refractivity contribution in [1.82, 2.24) is 5.32 Å². The van der Waals surface area contributed by atoms with Crippen molar-refractivity contribution < 1.29 is 9.59 Å². The van der Waals surface area contributed by atoms with Gasteiger partial charge in [0.25, 0.3) is 0 Å². The smallest absolute Gasteiger partial charge is 0.228 e. The largest absolute Gasteiger partial charge is 0.345 e. The molecule has 1 amide bonds. The van der Waals surface area contributed by atoms with Gasteiger partial charge >= 0.3 is 0 Å². The quantitative estimate of drug-likeness (QED) is 0.517. The zero-order valence-electron chi connectivity index (χ0n) is 7.10. The van der Waals surface area contributed by atoms with Gasteiger partial charge in [0.05, 0.1) is 12.5 Å². The Balaban J connectivity index is 2.76. The summed E-state index contributed by atoms with van der Waals surface area (Å²) in [6.45, 7) is 5.84. The summed E-state index contributed by atoms with van der Waals surface area (Å²) in [5.74, 6) is -0.127. The second kappa shape index (κ2) is 2.32. The molecule has 1 aliphatic rings. The summed E-state index contributed by atoms with van der Waals surface area (Å²) in [5, 5.41) is 2.66.